The summed E-state index contributed by atoms with van der Waals surface area (Å²) in [4.78, 5) is 4.88. The van der Waals surface area contributed by atoms with Crippen molar-refractivity contribution in [1.29, 1.82) is 0 Å². The Balaban J connectivity index is 2.75. The average Bonchev–Trinajstić information content (AvgIpc) is 2.27. The number of hydrogen-bond donors (Lipinski definition) is 1. The van der Waals surface area contributed by atoms with Crippen LogP contribution < -0.4 is 5.73 Å². The van der Waals surface area contributed by atoms with Gasteiger partial charge in [-0.05, 0) is 13.0 Å². The molecular weight excluding hydrogens is 202 g/mol. The molecule has 1 fully saturated rings. The Morgan fingerprint density at radius 1 is 1.25 bits per heavy atom. The van der Waals surface area contributed by atoms with E-state index in [-0.39, 0.29) is 5.54 Å². The molecule has 96 valence electrons. The molecule has 0 aromatic heterocycles. The van der Waals surface area contributed by atoms with Gasteiger partial charge < -0.3 is 15.4 Å². The second-order valence-electron chi connectivity index (χ2n) is 5.19. The van der Waals surface area contributed by atoms with Crippen LogP contribution in [-0.2, 0) is 4.74 Å². The fraction of sp³-hybridized carbons (Fsp3) is 1.00. The van der Waals surface area contributed by atoms with Crippen LogP contribution in [0.4, 0.5) is 0 Å². The van der Waals surface area contributed by atoms with Gasteiger partial charge >= 0.3 is 0 Å². The second kappa shape index (κ2) is 5.96. The number of piperazine rings is 1. The van der Waals surface area contributed by atoms with Crippen LogP contribution in [0.2, 0.25) is 0 Å². The minimum absolute atomic E-state index is 0.00993. The normalized spacial score (nSPS) is 23.6. The van der Waals surface area contributed by atoms with Crippen LogP contribution in [0.5, 0.6) is 0 Å². The molecule has 0 radical (unpaired) electrons. The van der Waals surface area contributed by atoms with E-state index in [4.69, 9.17) is 10.5 Å². The van der Waals surface area contributed by atoms with Crippen molar-refractivity contribution in [2.45, 2.75) is 19.4 Å². The predicted molar refractivity (Wildman–Crippen MR) is 67.6 cm³/mol. The Morgan fingerprint density at radius 3 is 2.19 bits per heavy atom. The SMILES string of the molecule is COCC(CN)(C(C)C)N1CCN(C)CC1. The van der Waals surface area contributed by atoms with Crippen LogP contribution in [0.1, 0.15) is 13.8 Å². The minimum atomic E-state index is 0.00993. The Morgan fingerprint density at radius 2 is 1.81 bits per heavy atom. The molecule has 16 heavy (non-hydrogen) atoms. The molecule has 1 saturated heterocycles. The summed E-state index contributed by atoms with van der Waals surface area (Å²) < 4.78 is 5.40. The molecule has 1 aliphatic rings. The summed E-state index contributed by atoms with van der Waals surface area (Å²) >= 11 is 0. The van der Waals surface area contributed by atoms with Crippen molar-refractivity contribution < 1.29 is 4.74 Å². The summed E-state index contributed by atoms with van der Waals surface area (Å²) in [5, 5.41) is 0. The molecule has 0 amide bonds. The van der Waals surface area contributed by atoms with E-state index in [1.807, 2.05) is 0 Å². The van der Waals surface area contributed by atoms with E-state index in [0.29, 0.717) is 12.5 Å². The molecule has 0 bridgehead atoms. The van der Waals surface area contributed by atoms with Gasteiger partial charge in [0.25, 0.3) is 0 Å². The number of ether oxygens (including phenoxy) is 1. The van der Waals surface area contributed by atoms with Crippen LogP contribution in [0, 0.1) is 5.92 Å². The van der Waals surface area contributed by atoms with Gasteiger partial charge in [0.15, 0.2) is 0 Å². The van der Waals surface area contributed by atoms with E-state index >= 15 is 0 Å². The molecule has 0 aromatic carbocycles. The smallest absolute Gasteiger partial charge is 0.0661 e. The standard InChI is InChI=1S/C12H27N3O/c1-11(2)12(9-13,10-16-4)15-7-5-14(3)6-8-15/h11H,5-10,13H2,1-4H3. The molecule has 1 unspecified atom stereocenters. The number of likely N-dealkylation sites (N-methyl/N-ethyl adjacent to an activating group) is 1. The van der Waals surface area contributed by atoms with Gasteiger partial charge in [0.2, 0.25) is 0 Å². The maximum absolute atomic E-state index is 6.02. The van der Waals surface area contributed by atoms with Gasteiger partial charge in [-0.3, -0.25) is 4.90 Å². The van der Waals surface area contributed by atoms with Crippen LogP contribution in [0.25, 0.3) is 0 Å². The van der Waals surface area contributed by atoms with E-state index in [1.165, 1.54) is 0 Å². The van der Waals surface area contributed by atoms with Gasteiger partial charge in [-0.25, -0.2) is 0 Å². The summed E-state index contributed by atoms with van der Waals surface area (Å²) in [5.74, 6) is 0.515. The number of nitrogens with two attached hydrogens (primary N) is 1. The first-order valence-electron chi connectivity index (χ1n) is 6.19. The molecule has 4 nitrogen and oxygen atoms in total. The first kappa shape index (κ1) is 13.9. The van der Waals surface area contributed by atoms with Crippen LogP contribution in [-0.4, -0.2) is 68.8 Å². The van der Waals surface area contributed by atoms with Crippen molar-refractivity contribution >= 4 is 0 Å². The molecule has 0 saturated carbocycles. The van der Waals surface area contributed by atoms with Crippen molar-refractivity contribution in [2.75, 3.05) is 53.5 Å². The molecular formula is C12H27N3O. The maximum Gasteiger partial charge on any atom is 0.0661 e. The third-order valence-corrected chi connectivity index (χ3v) is 3.96. The minimum Gasteiger partial charge on any atom is -0.383 e. The molecule has 0 aliphatic carbocycles. The van der Waals surface area contributed by atoms with Gasteiger partial charge in [-0.2, -0.15) is 0 Å². The van der Waals surface area contributed by atoms with Gasteiger partial charge in [-0.15, -0.1) is 0 Å². The number of rotatable bonds is 5. The summed E-state index contributed by atoms with van der Waals surface area (Å²) in [6.45, 7) is 10.3. The average molecular weight is 229 g/mol. The number of nitrogens with zero attached hydrogens (tertiary/aromatic N) is 2. The first-order chi connectivity index (χ1) is 7.56. The molecule has 1 aliphatic heterocycles. The van der Waals surface area contributed by atoms with E-state index in [2.05, 4.69) is 30.7 Å². The molecule has 2 N–H and O–H groups in total. The topological polar surface area (TPSA) is 41.7 Å². The Bertz CT molecular complexity index is 202. The third kappa shape index (κ3) is 2.74. The monoisotopic (exact) mass is 229 g/mol. The van der Waals surface area contributed by atoms with Crippen molar-refractivity contribution in [3.05, 3.63) is 0 Å². The van der Waals surface area contributed by atoms with Crippen molar-refractivity contribution in [2.24, 2.45) is 11.7 Å². The van der Waals surface area contributed by atoms with Crippen LogP contribution in [0.15, 0.2) is 0 Å². The maximum atomic E-state index is 6.02. The zero-order valence-electron chi connectivity index (χ0n) is 11.2. The summed E-state index contributed by atoms with van der Waals surface area (Å²) in [7, 11) is 3.94. The summed E-state index contributed by atoms with van der Waals surface area (Å²) in [6.07, 6.45) is 0. The predicted octanol–water partition coefficient (Wildman–Crippen LogP) is 0.234. The Kier molecular flexibility index (Phi) is 5.18. The number of hydrogen-bond acceptors (Lipinski definition) is 4. The summed E-state index contributed by atoms with van der Waals surface area (Å²) in [6, 6.07) is 0. The van der Waals surface area contributed by atoms with E-state index in [0.717, 1.165) is 32.8 Å². The lowest BCUT2D eigenvalue weighted by molar-refractivity contribution is -0.0364. The molecule has 1 rings (SSSR count). The van der Waals surface area contributed by atoms with E-state index in [1.54, 1.807) is 7.11 Å². The third-order valence-electron chi connectivity index (χ3n) is 3.96. The molecule has 1 heterocycles. The van der Waals surface area contributed by atoms with Gasteiger partial charge in [0.1, 0.15) is 0 Å². The highest BCUT2D eigenvalue weighted by Gasteiger charge is 2.39. The number of methoxy groups -OCH3 is 1. The van der Waals surface area contributed by atoms with Crippen molar-refractivity contribution in [3.8, 4) is 0 Å². The largest absolute Gasteiger partial charge is 0.383 e. The molecule has 0 spiro atoms. The fourth-order valence-corrected chi connectivity index (χ4v) is 2.55. The Hall–Kier alpha value is -0.160. The van der Waals surface area contributed by atoms with Crippen LogP contribution in [0.3, 0.4) is 0 Å². The Labute approximate surface area is 99.7 Å². The zero-order chi connectivity index (χ0) is 12.2. The second-order valence-corrected chi connectivity index (χ2v) is 5.19. The van der Waals surface area contributed by atoms with Crippen molar-refractivity contribution in [3.63, 3.8) is 0 Å². The molecule has 0 aromatic rings. The quantitative estimate of drug-likeness (QED) is 0.733. The lowest BCUT2D eigenvalue weighted by Gasteiger charge is -2.49. The van der Waals surface area contributed by atoms with Crippen LogP contribution >= 0.6 is 0 Å². The fourth-order valence-electron chi connectivity index (χ4n) is 2.55. The molecule has 1 atom stereocenters. The summed E-state index contributed by atoms with van der Waals surface area (Å²) in [5.41, 5.74) is 6.03. The van der Waals surface area contributed by atoms with E-state index in [9.17, 15) is 0 Å². The highest BCUT2D eigenvalue weighted by Crippen LogP contribution is 2.25. The first-order valence-corrected chi connectivity index (χ1v) is 6.19. The van der Waals surface area contributed by atoms with Gasteiger partial charge in [0.05, 0.1) is 12.1 Å². The highest BCUT2D eigenvalue weighted by atomic mass is 16.5. The van der Waals surface area contributed by atoms with Gasteiger partial charge in [0, 0.05) is 39.8 Å². The van der Waals surface area contributed by atoms with E-state index < -0.39 is 0 Å². The molecule has 4 heteroatoms. The van der Waals surface area contributed by atoms with Gasteiger partial charge in [-0.1, -0.05) is 13.8 Å². The zero-order valence-corrected chi connectivity index (χ0v) is 11.2. The lowest BCUT2D eigenvalue weighted by Crippen LogP contribution is -2.64. The lowest BCUT2D eigenvalue weighted by atomic mass is 9.84. The highest BCUT2D eigenvalue weighted by molar-refractivity contribution is 4.96. The van der Waals surface area contributed by atoms with Crippen molar-refractivity contribution in [1.82, 2.24) is 9.80 Å².